The van der Waals surface area contributed by atoms with Crippen molar-refractivity contribution >= 4 is 6.03 Å². The third-order valence-corrected chi connectivity index (χ3v) is 6.60. The Balaban J connectivity index is 0.000000202. The van der Waals surface area contributed by atoms with Gasteiger partial charge in [0.2, 0.25) is 0 Å². The summed E-state index contributed by atoms with van der Waals surface area (Å²) >= 11 is 0. The minimum Gasteiger partial charge on any atom is -0.351 e. The molecule has 2 aromatic carbocycles. The molecule has 2 amide bonds. The summed E-state index contributed by atoms with van der Waals surface area (Å²) in [6.45, 7) is 0.798. The smallest absolute Gasteiger partial charge is 0.351 e. The maximum absolute atomic E-state index is 13.0. The Bertz CT molecular complexity index is 1040. The minimum absolute atomic E-state index is 0.00565. The van der Waals surface area contributed by atoms with Crippen molar-refractivity contribution < 1.29 is 35.5 Å². The Morgan fingerprint density at radius 3 is 2.03 bits per heavy atom. The number of rotatable bonds is 3. The summed E-state index contributed by atoms with van der Waals surface area (Å²) in [6.07, 6.45) is -6.33. The van der Waals surface area contributed by atoms with Gasteiger partial charge in [0.25, 0.3) is 0 Å². The first kappa shape index (κ1) is 27.4. The lowest BCUT2D eigenvalue weighted by molar-refractivity contribution is -0.143. The van der Waals surface area contributed by atoms with Gasteiger partial charge in [0.05, 0.1) is 11.1 Å². The highest BCUT2D eigenvalue weighted by atomic mass is 19.4. The van der Waals surface area contributed by atoms with E-state index in [1.165, 1.54) is 30.5 Å². The highest BCUT2D eigenvalue weighted by molar-refractivity contribution is 5.72. The number of hydrogen-bond donors (Lipinski definition) is 1. The molecule has 0 bridgehead atoms. The van der Waals surface area contributed by atoms with E-state index in [4.69, 9.17) is 5.73 Å². The van der Waals surface area contributed by atoms with Crippen molar-refractivity contribution in [2.45, 2.75) is 44.1 Å². The predicted octanol–water partition coefficient (Wildman–Crippen LogP) is 6.71. The van der Waals surface area contributed by atoms with Crippen LogP contribution >= 0.6 is 0 Å². The van der Waals surface area contributed by atoms with Crippen LogP contribution in [0.3, 0.4) is 0 Å². The van der Waals surface area contributed by atoms with Crippen molar-refractivity contribution in [3.63, 3.8) is 0 Å². The zero-order valence-corrected chi connectivity index (χ0v) is 19.0. The Morgan fingerprint density at radius 2 is 1.53 bits per heavy atom. The highest BCUT2D eigenvalue weighted by Gasteiger charge is 2.41. The number of benzene rings is 2. The number of urea groups is 1. The zero-order valence-electron chi connectivity index (χ0n) is 19.0. The molecule has 1 saturated heterocycles. The van der Waals surface area contributed by atoms with Crippen molar-refractivity contribution in [3.8, 4) is 0 Å². The maximum Gasteiger partial charge on any atom is 0.416 e. The van der Waals surface area contributed by atoms with E-state index < -0.39 is 35.6 Å². The number of nitrogens with two attached hydrogens (primary N) is 1. The molecule has 12 heteroatoms. The van der Waals surface area contributed by atoms with Crippen molar-refractivity contribution in [2.75, 3.05) is 13.1 Å². The summed E-state index contributed by atoms with van der Waals surface area (Å²) in [4.78, 5) is 23.0. The van der Waals surface area contributed by atoms with Crippen LogP contribution in [0.25, 0.3) is 0 Å². The summed E-state index contributed by atoms with van der Waals surface area (Å²) < 4.78 is 86.8. The number of primary amides is 1. The van der Waals surface area contributed by atoms with Crippen LogP contribution in [0.1, 0.15) is 47.4 Å². The Morgan fingerprint density at radius 1 is 0.944 bits per heavy atom. The minimum atomic E-state index is -4.90. The lowest BCUT2D eigenvalue weighted by Gasteiger charge is -2.33. The standard InChI is InChI=1S/C15H19FN2O.C9H5F6NO/c16-12-6-4-10(5-7-12)13-3-1-2-11-8-18(15(17)19)9-14(11)13;10-8(11,12)6-1-5(4-16-17)2-7(3-6)9(13,14)15/h4-7,11,13-14H,1-3,8-9H2,(H2,17,19);1-3H,4H2/t11?,13?,14-;/m1./s1. The molecule has 0 radical (unpaired) electrons. The van der Waals surface area contributed by atoms with Crippen LogP contribution in [0.4, 0.5) is 35.5 Å². The average molecular weight is 519 g/mol. The number of nitrogens with zero attached hydrogens (tertiary/aromatic N) is 2. The maximum atomic E-state index is 13.0. The first-order valence-corrected chi connectivity index (χ1v) is 11.2. The fourth-order valence-electron chi connectivity index (χ4n) is 4.96. The topological polar surface area (TPSA) is 75.8 Å². The largest absolute Gasteiger partial charge is 0.416 e. The molecule has 1 saturated carbocycles. The molecule has 0 spiro atoms. The molecule has 1 aliphatic heterocycles. The van der Waals surface area contributed by atoms with E-state index in [9.17, 15) is 40.4 Å². The lowest BCUT2D eigenvalue weighted by atomic mass is 9.71. The van der Waals surface area contributed by atoms with E-state index >= 15 is 0 Å². The van der Waals surface area contributed by atoms with Crippen molar-refractivity contribution in [1.82, 2.24) is 4.90 Å². The number of amides is 2. The third-order valence-electron chi connectivity index (χ3n) is 6.60. The summed E-state index contributed by atoms with van der Waals surface area (Å²) in [5, 5.41) is 2.27. The number of carbonyl (C=O) groups excluding carboxylic acids is 1. The van der Waals surface area contributed by atoms with Gasteiger partial charge in [0.15, 0.2) is 0 Å². The molecule has 2 aromatic rings. The number of likely N-dealkylation sites (tertiary alicyclic amines) is 1. The first-order chi connectivity index (χ1) is 16.8. The van der Waals surface area contributed by atoms with Gasteiger partial charge in [-0.25, -0.2) is 9.18 Å². The number of halogens is 7. The van der Waals surface area contributed by atoms with Gasteiger partial charge in [-0.2, -0.15) is 31.2 Å². The molecule has 2 N–H and O–H groups in total. The van der Waals surface area contributed by atoms with E-state index in [-0.39, 0.29) is 17.9 Å². The molecular formula is C24H24F7N3O2. The van der Waals surface area contributed by atoms with Crippen molar-refractivity contribution in [2.24, 2.45) is 22.7 Å². The fraction of sp³-hybridized carbons (Fsp3) is 0.458. The molecule has 2 fully saturated rings. The van der Waals surface area contributed by atoms with Gasteiger partial charge in [-0.3, -0.25) is 0 Å². The zero-order chi connectivity index (χ0) is 26.7. The lowest BCUT2D eigenvalue weighted by Crippen LogP contribution is -2.34. The van der Waals surface area contributed by atoms with E-state index in [2.05, 4.69) is 5.18 Å². The van der Waals surface area contributed by atoms with Crippen LogP contribution in [0, 0.1) is 22.6 Å². The van der Waals surface area contributed by atoms with E-state index in [1.54, 1.807) is 4.90 Å². The molecule has 3 atom stereocenters. The summed E-state index contributed by atoms with van der Waals surface area (Å²) in [7, 11) is 0. The molecule has 36 heavy (non-hydrogen) atoms. The predicted molar refractivity (Wildman–Crippen MR) is 117 cm³/mol. The van der Waals surface area contributed by atoms with Crippen molar-refractivity contribution in [1.29, 1.82) is 0 Å². The van der Waals surface area contributed by atoms with Gasteiger partial charge in [-0.15, -0.1) is 0 Å². The van der Waals surface area contributed by atoms with Gasteiger partial charge in [0.1, 0.15) is 12.4 Å². The second-order valence-electron chi connectivity index (χ2n) is 8.96. The van der Waals surface area contributed by atoms with Gasteiger partial charge < -0.3 is 10.6 Å². The Kier molecular flexibility index (Phi) is 8.25. The van der Waals surface area contributed by atoms with Crippen LogP contribution in [0.15, 0.2) is 47.6 Å². The summed E-state index contributed by atoms with van der Waals surface area (Å²) in [5.74, 6) is 1.27. The van der Waals surface area contributed by atoms with Gasteiger partial charge in [-0.05, 0) is 72.1 Å². The number of hydrogen-bond acceptors (Lipinski definition) is 3. The molecule has 5 nitrogen and oxygen atoms in total. The number of nitroso groups, excluding NO2 is 1. The van der Waals surface area contributed by atoms with Crippen LogP contribution in [-0.2, 0) is 18.9 Å². The first-order valence-electron chi connectivity index (χ1n) is 11.2. The quantitative estimate of drug-likeness (QED) is 0.362. The molecule has 196 valence electrons. The SMILES string of the molecule is NC(=O)N1CC2CCCC(c3ccc(F)cc3)[C@@H]2C1.O=NCc1cc(C(F)(F)F)cc(C(F)(F)F)c1. The fourth-order valence-corrected chi connectivity index (χ4v) is 4.96. The summed E-state index contributed by atoms with van der Waals surface area (Å²) in [5.41, 5.74) is 3.26. The second kappa shape index (κ2) is 10.8. The van der Waals surface area contributed by atoms with Crippen molar-refractivity contribution in [3.05, 3.63) is 75.4 Å². The monoisotopic (exact) mass is 519 g/mol. The molecule has 4 rings (SSSR count). The molecular weight excluding hydrogens is 495 g/mol. The number of fused-ring (bicyclic) bond motifs is 1. The van der Waals surface area contributed by atoms with Gasteiger partial charge in [-0.1, -0.05) is 23.7 Å². The van der Waals surface area contributed by atoms with Crippen LogP contribution in [-0.4, -0.2) is 24.0 Å². The molecule has 0 aromatic heterocycles. The Labute approximate surface area is 202 Å². The summed E-state index contributed by atoms with van der Waals surface area (Å²) in [6, 6.07) is 7.44. The van der Waals surface area contributed by atoms with Gasteiger partial charge in [0, 0.05) is 13.1 Å². The Hall–Kier alpha value is -3.18. The van der Waals surface area contributed by atoms with Crippen LogP contribution < -0.4 is 5.73 Å². The number of carbonyl (C=O) groups is 1. The molecule has 1 aliphatic carbocycles. The second-order valence-corrected chi connectivity index (χ2v) is 8.96. The molecule has 2 unspecified atom stereocenters. The molecule has 1 heterocycles. The molecule has 2 aliphatic rings. The third kappa shape index (κ3) is 6.73. The number of alkyl halides is 6. The van der Waals surface area contributed by atoms with E-state index in [0.29, 0.717) is 29.9 Å². The normalized spacial score (nSPS) is 21.9. The van der Waals surface area contributed by atoms with Crippen LogP contribution in [0.2, 0.25) is 0 Å². The average Bonchev–Trinajstić information content (AvgIpc) is 3.24. The van der Waals surface area contributed by atoms with E-state index in [1.807, 2.05) is 12.1 Å². The van der Waals surface area contributed by atoms with E-state index in [0.717, 1.165) is 19.5 Å². The van der Waals surface area contributed by atoms with Gasteiger partial charge >= 0.3 is 18.4 Å². The van der Waals surface area contributed by atoms with Crippen LogP contribution in [0.5, 0.6) is 0 Å². The highest BCUT2D eigenvalue weighted by Crippen LogP contribution is 2.45.